The van der Waals surface area contributed by atoms with E-state index in [1.54, 1.807) is 0 Å². The molecule has 0 fully saturated rings. The minimum absolute atomic E-state index is 0. The Morgan fingerprint density at radius 3 is 1.44 bits per heavy atom. The second-order valence-corrected chi connectivity index (χ2v) is 3.78. The molecule has 1 heteroatoms. The van der Waals surface area contributed by atoms with E-state index >= 15 is 0 Å². The van der Waals surface area contributed by atoms with Crippen LogP contribution in [0.1, 0.15) is 30.4 Å². The van der Waals surface area contributed by atoms with Gasteiger partial charge in [0, 0.05) is 27.0 Å². The molecule has 0 radical (unpaired) electrons. The van der Waals surface area contributed by atoms with Crippen molar-refractivity contribution in [2.45, 2.75) is 19.3 Å². The summed E-state index contributed by atoms with van der Waals surface area (Å²) in [5, 5.41) is 0. The van der Waals surface area contributed by atoms with Crippen LogP contribution in [-0.2, 0) is 21.1 Å². The molecule has 0 aliphatic carbocycles. The largest absolute Gasteiger partial charge is 0.0645 e. The van der Waals surface area contributed by atoms with Crippen LogP contribution in [0.2, 0.25) is 0 Å². The van der Waals surface area contributed by atoms with Crippen molar-refractivity contribution in [3.8, 4) is 0 Å². The number of hydrogen-bond acceptors (Lipinski definition) is 0. The second kappa shape index (κ2) is 6.66. The molecule has 0 aliphatic rings. The van der Waals surface area contributed by atoms with E-state index < -0.39 is 0 Å². The van der Waals surface area contributed by atoms with Crippen LogP contribution in [0.25, 0.3) is 0 Å². The monoisotopic (exact) mass is 391 g/mol. The fourth-order valence-corrected chi connectivity index (χ4v) is 2.03. The van der Waals surface area contributed by atoms with Crippen molar-refractivity contribution >= 4 is 0 Å². The second-order valence-electron chi connectivity index (χ2n) is 3.78. The van der Waals surface area contributed by atoms with Gasteiger partial charge in [0.2, 0.25) is 0 Å². The topological polar surface area (TPSA) is 0 Å². The van der Waals surface area contributed by atoms with E-state index in [9.17, 15) is 0 Å². The van der Waals surface area contributed by atoms with Gasteiger partial charge in [-0.15, -0.1) is 0 Å². The Labute approximate surface area is 112 Å². The average Bonchev–Trinajstić information content (AvgIpc) is 2.33. The number of rotatable bonds is 3. The molecule has 0 amide bonds. The van der Waals surface area contributed by atoms with Gasteiger partial charge < -0.3 is 0 Å². The van der Waals surface area contributed by atoms with Crippen molar-refractivity contribution in [1.82, 2.24) is 0 Å². The molecule has 0 saturated heterocycles. The van der Waals surface area contributed by atoms with Gasteiger partial charge in [-0.3, -0.25) is 0 Å². The fraction of sp³-hybridized carbons (Fsp3) is 0.200. The molecule has 2 rings (SSSR count). The summed E-state index contributed by atoms with van der Waals surface area (Å²) in [6.45, 7) is 2.24. The summed E-state index contributed by atoms with van der Waals surface area (Å²) in [4.78, 5) is 0. The smallest absolute Gasteiger partial charge is 0.00867 e. The Kier molecular flexibility index (Phi) is 5.49. The molecule has 0 bridgehead atoms. The van der Waals surface area contributed by atoms with E-state index in [1.165, 1.54) is 11.1 Å². The Morgan fingerprint density at radius 1 is 0.750 bits per heavy atom. The molecule has 0 N–H and O–H groups in total. The van der Waals surface area contributed by atoms with Crippen LogP contribution in [0.5, 0.6) is 0 Å². The zero-order chi connectivity index (χ0) is 10.5. The van der Waals surface area contributed by atoms with Crippen molar-refractivity contribution in [1.29, 1.82) is 0 Å². The van der Waals surface area contributed by atoms with E-state index in [1.807, 2.05) is 0 Å². The van der Waals surface area contributed by atoms with Crippen molar-refractivity contribution in [2.24, 2.45) is 0 Å². The summed E-state index contributed by atoms with van der Waals surface area (Å²) in [5.74, 6) is 0.535. The third-order valence-corrected chi connectivity index (χ3v) is 2.81. The van der Waals surface area contributed by atoms with Crippen LogP contribution in [0.15, 0.2) is 60.7 Å². The van der Waals surface area contributed by atoms with Gasteiger partial charge in [0.25, 0.3) is 0 Å². The molecular weight excluding hydrogens is 375 g/mol. The minimum atomic E-state index is 0. The first kappa shape index (κ1) is 13.2. The SMILES string of the molecule is CCC(c1ccccc1)c1ccccc1.[Pt]. The first-order valence-corrected chi connectivity index (χ1v) is 5.51. The molecule has 0 unspecified atom stereocenters. The van der Waals surface area contributed by atoms with E-state index in [2.05, 4.69) is 67.6 Å². The summed E-state index contributed by atoms with van der Waals surface area (Å²) >= 11 is 0. The Balaban J connectivity index is 0.00000128. The van der Waals surface area contributed by atoms with E-state index in [4.69, 9.17) is 0 Å². The molecular formula is C15H16Pt. The maximum atomic E-state index is 2.24. The van der Waals surface area contributed by atoms with Gasteiger partial charge in [0.1, 0.15) is 0 Å². The first-order valence-electron chi connectivity index (χ1n) is 5.51. The third-order valence-electron chi connectivity index (χ3n) is 2.81. The van der Waals surface area contributed by atoms with E-state index in [0.29, 0.717) is 5.92 Å². The molecule has 0 saturated carbocycles. The van der Waals surface area contributed by atoms with Crippen LogP contribution < -0.4 is 0 Å². The molecule has 0 aliphatic heterocycles. The number of hydrogen-bond donors (Lipinski definition) is 0. The van der Waals surface area contributed by atoms with Gasteiger partial charge in [-0.2, -0.15) is 0 Å². The number of benzene rings is 2. The zero-order valence-electron chi connectivity index (χ0n) is 9.37. The quantitative estimate of drug-likeness (QED) is 0.735. The summed E-state index contributed by atoms with van der Waals surface area (Å²) in [5.41, 5.74) is 2.82. The van der Waals surface area contributed by atoms with Crippen molar-refractivity contribution < 1.29 is 21.1 Å². The molecule has 0 atom stereocenters. The van der Waals surface area contributed by atoms with Crippen LogP contribution in [0, 0.1) is 0 Å². The first-order chi connectivity index (χ1) is 7.42. The third kappa shape index (κ3) is 3.06. The van der Waals surface area contributed by atoms with Crippen LogP contribution in [0.3, 0.4) is 0 Å². The predicted octanol–water partition coefficient (Wildman–Crippen LogP) is 4.23. The van der Waals surface area contributed by atoms with Crippen molar-refractivity contribution in [2.75, 3.05) is 0 Å². The van der Waals surface area contributed by atoms with Gasteiger partial charge in [-0.05, 0) is 17.5 Å². The zero-order valence-corrected chi connectivity index (χ0v) is 11.6. The summed E-state index contributed by atoms with van der Waals surface area (Å²) in [6, 6.07) is 21.4. The van der Waals surface area contributed by atoms with Gasteiger partial charge in [0.15, 0.2) is 0 Å². The molecule has 0 nitrogen and oxygen atoms in total. The van der Waals surface area contributed by atoms with Crippen LogP contribution >= 0.6 is 0 Å². The predicted molar refractivity (Wildman–Crippen MR) is 65.0 cm³/mol. The van der Waals surface area contributed by atoms with Crippen molar-refractivity contribution in [3.63, 3.8) is 0 Å². The van der Waals surface area contributed by atoms with Crippen LogP contribution in [-0.4, -0.2) is 0 Å². The normalized spacial score (nSPS) is 9.88. The molecule has 0 aromatic heterocycles. The van der Waals surface area contributed by atoms with Gasteiger partial charge in [-0.1, -0.05) is 67.6 Å². The van der Waals surface area contributed by atoms with Crippen molar-refractivity contribution in [3.05, 3.63) is 71.8 Å². The maximum Gasteiger partial charge on any atom is 0.00867 e. The minimum Gasteiger partial charge on any atom is -0.0645 e. The maximum absolute atomic E-state index is 2.24. The molecule has 86 valence electrons. The van der Waals surface area contributed by atoms with Gasteiger partial charge in [-0.25, -0.2) is 0 Å². The molecule has 16 heavy (non-hydrogen) atoms. The summed E-state index contributed by atoms with van der Waals surface area (Å²) < 4.78 is 0. The molecule has 2 aromatic carbocycles. The van der Waals surface area contributed by atoms with Gasteiger partial charge >= 0.3 is 0 Å². The Bertz CT molecular complexity index is 355. The molecule has 0 spiro atoms. The summed E-state index contributed by atoms with van der Waals surface area (Å²) in [7, 11) is 0. The van der Waals surface area contributed by atoms with Gasteiger partial charge in [0.05, 0.1) is 0 Å². The Morgan fingerprint density at radius 2 is 1.12 bits per heavy atom. The van der Waals surface area contributed by atoms with E-state index in [-0.39, 0.29) is 21.1 Å². The molecule has 0 heterocycles. The molecule has 2 aromatic rings. The van der Waals surface area contributed by atoms with Crippen LogP contribution in [0.4, 0.5) is 0 Å². The summed E-state index contributed by atoms with van der Waals surface area (Å²) in [6.07, 6.45) is 1.15. The van der Waals surface area contributed by atoms with E-state index in [0.717, 1.165) is 6.42 Å². The Hall–Kier alpha value is -0.872. The standard InChI is InChI=1S/C15H16.Pt/c1-2-15(13-9-5-3-6-10-13)14-11-7-4-8-12-14;/h3-12,15H,2H2,1H3;. The average molecular weight is 391 g/mol. The fourth-order valence-electron chi connectivity index (χ4n) is 2.03.